The Bertz CT molecular complexity index is 3960. The lowest BCUT2D eigenvalue weighted by molar-refractivity contribution is 0.748. The van der Waals surface area contributed by atoms with Gasteiger partial charge in [-0.25, -0.2) is 0 Å². The van der Waals surface area contributed by atoms with Gasteiger partial charge in [-0.3, -0.25) is 0 Å². The molecule has 316 valence electrons. The first-order chi connectivity index (χ1) is 33.8. The van der Waals surface area contributed by atoms with E-state index in [2.05, 4.69) is 264 Å². The Balaban J connectivity index is 1.04. The Labute approximate surface area is 395 Å². The first kappa shape index (κ1) is 37.5. The molecule has 11 aromatic carbocycles. The van der Waals surface area contributed by atoms with Crippen LogP contribution in [0.1, 0.15) is 44.5 Å². The molecule has 0 saturated heterocycles. The summed E-state index contributed by atoms with van der Waals surface area (Å²) in [6, 6.07) is 95.5. The third-order valence-electron chi connectivity index (χ3n) is 15.6. The van der Waals surface area contributed by atoms with Crippen LogP contribution in [-0.4, -0.2) is 4.57 Å². The van der Waals surface area contributed by atoms with Gasteiger partial charge < -0.3 is 9.47 Å². The third-order valence-corrected chi connectivity index (χ3v) is 15.6. The van der Waals surface area contributed by atoms with E-state index in [0.717, 1.165) is 17.1 Å². The second kappa shape index (κ2) is 13.9. The van der Waals surface area contributed by atoms with Gasteiger partial charge in [0.15, 0.2) is 0 Å². The number of nitrogens with zero attached hydrogens (tertiary/aromatic N) is 2. The van der Waals surface area contributed by atoms with Crippen molar-refractivity contribution in [2.75, 3.05) is 4.90 Å². The number of aromatic nitrogens is 1. The normalized spacial score (nSPS) is 14.1. The summed E-state index contributed by atoms with van der Waals surface area (Å²) in [5.41, 5.74) is 21.7. The van der Waals surface area contributed by atoms with E-state index >= 15 is 0 Å². The van der Waals surface area contributed by atoms with Crippen LogP contribution in [0.5, 0.6) is 0 Å². The van der Waals surface area contributed by atoms with Gasteiger partial charge in [0.25, 0.3) is 0 Å². The smallest absolute Gasteiger partial charge is 0.0754 e. The molecule has 2 aliphatic carbocycles. The maximum absolute atomic E-state index is 2.56. The molecule has 0 N–H and O–H groups in total. The van der Waals surface area contributed by atoms with Gasteiger partial charge >= 0.3 is 0 Å². The zero-order chi connectivity index (χ0) is 44.6. The van der Waals surface area contributed by atoms with Gasteiger partial charge in [-0.1, -0.05) is 218 Å². The van der Waals surface area contributed by atoms with Crippen molar-refractivity contribution in [2.45, 2.75) is 10.8 Å². The highest BCUT2D eigenvalue weighted by molar-refractivity contribution is 6.15. The number of hydrogen-bond acceptors (Lipinski definition) is 1. The molecular weight excluding hydrogens is 821 g/mol. The summed E-state index contributed by atoms with van der Waals surface area (Å²) >= 11 is 0. The largest absolute Gasteiger partial charge is 0.309 e. The Kier molecular flexibility index (Phi) is 7.67. The van der Waals surface area contributed by atoms with Crippen molar-refractivity contribution in [3.8, 4) is 27.9 Å². The lowest BCUT2D eigenvalue weighted by Gasteiger charge is -2.39. The molecule has 12 aromatic rings. The molecule has 0 fully saturated rings. The Morgan fingerprint density at radius 1 is 0.324 bits per heavy atom. The fraction of sp³-hybridized carbons (Fsp3) is 0.0303. The monoisotopic (exact) mass is 862 g/mol. The number of fused-ring (bicyclic) bond motifs is 16. The van der Waals surface area contributed by atoms with E-state index in [1.165, 1.54) is 105 Å². The quantitative estimate of drug-likeness (QED) is 0.167. The summed E-state index contributed by atoms with van der Waals surface area (Å²) in [4.78, 5) is 2.55. The van der Waals surface area contributed by atoms with Gasteiger partial charge in [-0.05, 0) is 103 Å². The lowest BCUT2D eigenvalue weighted by atomic mass is 9.65. The number of rotatable bonds is 5. The number of benzene rings is 11. The van der Waals surface area contributed by atoms with Gasteiger partial charge in [0.2, 0.25) is 0 Å². The molecule has 0 atom stereocenters. The predicted octanol–water partition coefficient (Wildman–Crippen LogP) is 16.4. The minimum Gasteiger partial charge on any atom is -0.309 e. The minimum atomic E-state index is -0.529. The molecule has 0 bridgehead atoms. The number of anilines is 3. The van der Waals surface area contributed by atoms with Crippen LogP contribution in [0.25, 0.3) is 60.5 Å². The SMILES string of the molecule is c1ccc(C2(c3ccccc3)c3ccccc3-c3c(N(c4ccc5c(c4)c4cccc6c4n5-c4ccccc4C64c5ccccc5-c5ccccc54)c4cccc5ccccc45)cccc32)cc1. The van der Waals surface area contributed by atoms with Crippen LogP contribution in [-0.2, 0) is 10.8 Å². The van der Waals surface area contributed by atoms with Crippen molar-refractivity contribution in [2.24, 2.45) is 0 Å². The van der Waals surface area contributed by atoms with Gasteiger partial charge in [-0.15, -0.1) is 0 Å². The van der Waals surface area contributed by atoms with Crippen molar-refractivity contribution < 1.29 is 0 Å². The highest BCUT2D eigenvalue weighted by Crippen LogP contribution is 2.62. The first-order valence-electron chi connectivity index (χ1n) is 23.8. The van der Waals surface area contributed by atoms with Crippen molar-refractivity contribution in [1.82, 2.24) is 4.57 Å². The molecule has 1 spiro atoms. The van der Waals surface area contributed by atoms with Crippen LogP contribution in [0, 0.1) is 0 Å². The highest BCUT2D eigenvalue weighted by Gasteiger charge is 2.51. The summed E-state index contributed by atoms with van der Waals surface area (Å²) in [5, 5.41) is 4.89. The van der Waals surface area contributed by atoms with Crippen LogP contribution in [0.2, 0.25) is 0 Å². The summed E-state index contributed by atoms with van der Waals surface area (Å²) < 4.78 is 2.56. The number of para-hydroxylation sites is 2. The molecule has 0 radical (unpaired) electrons. The second-order valence-corrected chi connectivity index (χ2v) is 18.7. The van der Waals surface area contributed by atoms with Crippen LogP contribution in [0.15, 0.2) is 255 Å². The fourth-order valence-corrected chi connectivity index (χ4v) is 13.2. The average molecular weight is 863 g/mol. The lowest BCUT2D eigenvalue weighted by Crippen LogP contribution is -2.33. The molecule has 68 heavy (non-hydrogen) atoms. The van der Waals surface area contributed by atoms with Gasteiger partial charge in [0.1, 0.15) is 0 Å². The minimum absolute atomic E-state index is 0.465. The molecule has 1 aliphatic heterocycles. The third kappa shape index (κ3) is 4.66. The Morgan fingerprint density at radius 2 is 0.838 bits per heavy atom. The molecule has 2 heteroatoms. The van der Waals surface area contributed by atoms with Crippen molar-refractivity contribution in [3.05, 3.63) is 299 Å². The summed E-state index contributed by atoms with van der Waals surface area (Å²) in [6.45, 7) is 0. The summed E-state index contributed by atoms with van der Waals surface area (Å²) in [7, 11) is 0. The second-order valence-electron chi connectivity index (χ2n) is 18.7. The first-order valence-corrected chi connectivity index (χ1v) is 23.8. The Hall–Kier alpha value is -8.72. The van der Waals surface area contributed by atoms with E-state index < -0.39 is 10.8 Å². The molecule has 3 aliphatic rings. The van der Waals surface area contributed by atoms with Crippen LogP contribution in [0.4, 0.5) is 17.1 Å². The molecule has 1 aromatic heterocycles. The standard InChI is InChI=1S/C66H42N2/c1-3-22-44(23-4-1)65(45-24-5-2-6-25-45)55-33-14-11-29-51(55)63-57(65)35-19-39-62(63)67(59-38-17-21-43-20-7-8-26-47(43)59)46-40-41-60-52(42-46)50-30-18-36-58-64(50)68(60)61-37-16-15-34-56(61)66(58)53-31-12-9-27-48(53)49-28-10-13-32-54(49)66/h1-42H. The molecular formula is C66H42N2. The molecule has 2 heterocycles. The molecule has 15 rings (SSSR count). The van der Waals surface area contributed by atoms with Crippen LogP contribution in [0.3, 0.4) is 0 Å². The molecule has 0 amide bonds. The van der Waals surface area contributed by atoms with Gasteiger partial charge in [0, 0.05) is 27.4 Å². The zero-order valence-electron chi connectivity index (χ0n) is 37.1. The Morgan fingerprint density at radius 3 is 1.57 bits per heavy atom. The van der Waals surface area contributed by atoms with Gasteiger partial charge in [-0.2, -0.15) is 0 Å². The van der Waals surface area contributed by atoms with E-state index in [1.807, 2.05) is 0 Å². The van der Waals surface area contributed by atoms with E-state index in [1.54, 1.807) is 0 Å². The van der Waals surface area contributed by atoms with E-state index in [0.29, 0.717) is 0 Å². The van der Waals surface area contributed by atoms with Gasteiger partial charge in [0.05, 0.1) is 38.9 Å². The topological polar surface area (TPSA) is 8.17 Å². The van der Waals surface area contributed by atoms with E-state index in [-0.39, 0.29) is 0 Å². The van der Waals surface area contributed by atoms with Crippen LogP contribution < -0.4 is 4.90 Å². The average Bonchev–Trinajstić information content (AvgIpc) is 4.02. The van der Waals surface area contributed by atoms with E-state index in [4.69, 9.17) is 0 Å². The highest BCUT2D eigenvalue weighted by atomic mass is 15.1. The maximum Gasteiger partial charge on any atom is 0.0754 e. The predicted molar refractivity (Wildman–Crippen MR) is 281 cm³/mol. The van der Waals surface area contributed by atoms with Crippen molar-refractivity contribution in [3.63, 3.8) is 0 Å². The fourth-order valence-electron chi connectivity index (χ4n) is 13.2. The molecule has 0 unspecified atom stereocenters. The zero-order valence-corrected chi connectivity index (χ0v) is 37.1. The summed E-state index contributed by atoms with van der Waals surface area (Å²) in [6.07, 6.45) is 0. The van der Waals surface area contributed by atoms with Crippen molar-refractivity contribution in [1.29, 1.82) is 0 Å². The maximum atomic E-state index is 2.56. The van der Waals surface area contributed by atoms with E-state index in [9.17, 15) is 0 Å². The number of hydrogen-bond donors (Lipinski definition) is 0. The molecule has 0 saturated carbocycles. The van der Waals surface area contributed by atoms with Crippen molar-refractivity contribution >= 4 is 49.6 Å². The summed E-state index contributed by atoms with van der Waals surface area (Å²) in [5.74, 6) is 0. The van der Waals surface area contributed by atoms with Crippen LogP contribution >= 0.6 is 0 Å². The molecule has 2 nitrogen and oxygen atoms in total.